The molecule has 2 rings (SSSR count). The van der Waals surface area contributed by atoms with E-state index in [1.54, 1.807) is 24.3 Å². The number of phenolic OH excluding ortho intramolecular Hbond substituents is 2. The van der Waals surface area contributed by atoms with E-state index in [0.29, 0.717) is 10.6 Å². The van der Waals surface area contributed by atoms with Crippen LogP contribution in [-0.4, -0.2) is 40.4 Å². The first kappa shape index (κ1) is 19.1. The zero-order chi connectivity index (χ0) is 19.1. The molecule has 0 saturated carbocycles. The summed E-state index contributed by atoms with van der Waals surface area (Å²) in [5, 5.41) is 21.4. The molecule has 0 aromatic heterocycles. The van der Waals surface area contributed by atoms with Gasteiger partial charge in [-0.25, -0.2) is 4.79 Å². The Kier molecular flexibility index (Phi) is 6.45. The lowest BCUT2D eigenvalue weighted by Crippen LogP contribution is -2.21. The highest BCUT2D eigenvalue weighted by molar-refractivity contribution is 8.00. The lowest BCUT2D eigenvalue weighted by molar-refractivity contribution is -0.119. The van der Waals surface area contributed by atoms with E-state index in [1.807, 2.05) is 0 Å². The third kappa shape index (κ3) is 5.42. The quantitative estimate of drug-likeness (QED) is 0.424. The van der Waals surface area contributed by atoms with Crippen molar-refractivity contribution in [3.05, 3.63) is 48.0 Å². The standard InChI is InChI=1S/C17H16N2O6S/c18-15(22)9-26-14-4-2-1-3-12(14)19-16(23)8-25-17(24)11-6-5-10(20)7-13(11)21/h1-7,20-21H,8-9H2,(H2,18,22)(H,19,23). The molecule has 2 amide bonds. The zero-order valence-electron chi connectivity index (χ0n) is 13.5. The molecule has 5 N–H and O–H groups in total. The minimum absolute atomic E-state index is 0.0575. The average Bonchev–Trinajstić information content (AvgIpc) is 2.59. The fraction of sp³-hybridized carbons (Fsp3) is 0.118. The van der Waals surface area contributed by atoms with E-state index >= 15 is 0 Å². The number of para-hydroxylation sites is 1. The van der Waals surface area contributed by atoms with Crippen LogP contribution in [0.5, 0.6) is 11.5 Å². The molecule has 0 spiro atoms. The Hall–Kier alpha value is -3.20. The van der Waals surface area contributed by atoms with Crippen LogP contribution in [0.1, 0.15) is 10.4 Å². The van der Waals surface area contributed by atoms with Crippen molar-refractivity contribution in [1.29, 1.82) is 0 Å². The maximum atomic E-state index is 12.0. The molecule has 0 aliphatic rings. The second kappa shape index (κ2) is 8.77. The number of anilines is 1. The van der Waals surface area contributed by atoms with Gasteiger partial charge in [0.25, 0.3) is 5.91 Å². The van der Waals surface area contributed by atoms with Gasteiger partial charge in [0.1, 0.15) is 17.1 Å². The van der Waals surface area contributed by atoms with Crippen LogP contribution in [0.3, 0.4) is 0 Å². The summed E-state index contributed by atoms with van der Waals surface area (Å²) >= 11 is 1.17. The molecule has 0 fully saturated rings. The number of hydrogen-bond donors (Lipinski definition) is 4. The summed E-state index contributed by atoms with van der Waals surface area (Å²) in [7, 11) is 0. The third-order valence-electron chi connectivity index (χ3n) is 3.07. The molecule has 136 valence electrons. The highest BCUT2D eigenvalue weighted by Gasteiger charge is 2.15. The SMILES string of the molecule is NC(=O)CSc1ccccc1NC(=O)COC(=O)c1ccc(O)cc1O. The van der Waals surface area contributed by atoms with E-state index in [9.17, 15) is 24.6 Å². The van der Waals surface area contributed by atoms with E-state index in [2.05, 4.69) is 5.32 Å². The number of carbonyl (C=O) groups excluding carboxylic acids is 3. The molecular formula is C17H16N2O6S. The van der Waals surface area contributed by atoms with E-state index in [1.165, 1.54) is 23.9 Å². The predicted molar refractivity (Wildman–Crippen MR) is 95.0 cm³/mol. The number of carbonyl (C=O) groups is 3. The van der Waals surface area contributed by atoms with E-state index in [0.717, 1.165) is 6.07 Å². The second-order valence-corrected chi connectivity index (χ2v) is 6.09. The van der Waals surface area contributed by atoms with Gasteiger partial charge in [0.05, 0.1) is 11.4 Å². The molecule has 0 saturated heterocycles. The minimum atomic E-state index is -0.908. The molecule has 0 aliphatic carbocycles. The number of aromatic hydroxyl groups is 2. The fourth-order valence-electron chi connectivity index (χ4n) is 1.93. The van der Waals surface area contributed by atoms with Gasteiger partial charge in [0, 0.05) is 11.0 Å². The number of rotatable bonds is 7. The topological polar surface area (TPSA) is 139 Å². The van der Waals surface area contributed by atoms with Gasteiger partial charge in [-0.1, -0.05) is 12.1 Å². The Bertz CT molecular complexity index is 840. The van der Waals surface area contributed by atoms with Gasteiger partial charge in [0.2, 0.25) is 5.91 Å². The Balaban J connectivity index is 1.95. The van der Waals surface area contributed by atoms with Crippen molar-refractivity contribution < 1.29 is 29.3 Å². The van der Waals surface area contributed by atoms with E-state index in [-0.39, 0.29) is 17.1 Å². The van der Waals surface area contributed by atoms with Gasteiger partial charge in [-0.2, -0.15) is 0 Å². The maximum Gasteiger partial charge on any atom is 0.342 e. The van der Waals surface area contributed by atoms with Gasteiger partial charge >= 0.3 is 5.97 Å². The highest BCUT2D eigenvalue weighted by atomic mass is 32.2. The molecule has 0 bridgehead atoms. The average molecular weight is 376 g/mol. The summed E-state index contributed by atoms with van der Waals surface area (Å²) in [4.78, 5) is 35.4. The monoisotopic (exact) mass is 376 g/mol. The molecule has 2 aromatic rings. The number of thioether (sulfide) groups is 1. The number of ether oxygens (including phenoxy) is 1. The molecule has 0 radical (unpaired) electrons. The van der Waals surface area contributed by atoms with Crippen molar-refractivity contribution in [3.8, 4) is 11.5 Å². The highest BCUT2D eigenvalue weighted by Crippen LogP contribution is 2.27. The molecule has 2 aromatic carbocycles. The van der Waals surface area contributed by atoms with Gasteiger partial charge in [0.15, 0.2) is 6.61 Å². The van der Waals surface area contributed by atoms with E-state index in [4.69, 9.17) is 10.5 Å². The summed E-state index contributed by atoms with van der Waals surface area (Å²) < 4.78 is 4.85. The van der Waals surface area contributed by atoms with E-state index < -0.39 is 30.1 Å². The van der Waals surface area contributed by atoms with Gasteiger partial charge in [-0.05, 0) is 24.3 Å². The first-order chi connectivity index (χ1) is 12.4. The molecule has 9 heteroatoms. The van der Waals surface area contributed by atoms with Crippen molar-refractivity contribution in [1.82, 2.24) is 0 Å². The Morgan fingerprint density at radius 3 is 2.54 bits per heavy atom. The maximum absolute atomic E-state index is 12.0. The molecule has 0 atom stereocenters. The van der Waals surface area contributed by atoms with Gasteiger partial charge in [-0.15, -0.1) is 11.8 Å². The fourth-order valence-corrected chi connectivity index (χ4v) is 2.68. The van der Waals surface area contributed by atoms with Crippen LogP contribution in [0.25, 0.3) is 0 Å². The van der Waals surface area contributed by atoms with Crippen LogP contribution in [-0.2, 0) is 14.3 Å². The predicted octanol–water partition coefficient (Wildman–Crippen LogP) is 1.47. The number of phenols is 2. The summed E-state index contributed by atoms with van der Waals surface area (Å²) in [5.41, 5.74) is 5.39. The Labute approximate surface area is 153 Å². The molecule has 8 nitrogen and oxygen atoms in total. The summed E-state index contributed by atoms with van der Waals surface area (Å²) in [6, 6.07) is 10.2. The Morgan fingerprint density at radius 2 is 1.85 bits per heavy atom. The van der Waals surface area contributed by atoms with Crippen LogP contribution in [0.15, 0.2) is 47.4 Å². The van der Waals surface area contributed by atoms with Crippen molar-refractivity contribution in [3.63, 3.8) is 0 Å². The van der Waals surface area contributed by atoms with Crippen LogP contribution in [0.4, 0.5) is 5.69 Å². The zero-order valence-corrected chi connectivity index (χ0v) is 14.3. The number of hydrogen-bond acceptors (Lipinski definition) is 7. The van der Waals surface area contributed by atoms with Crippen LogP contribution in [0, 0.1) is 0 Å². The molecule has 0 heterocycles. The smallest absolute Gasteiger partial charge is 0.342 e. The lowest BCUT2D eigenvalue weighted by atomic mass is 10.2. The van der Waals surface area contributed by atoms with Crippen molar-refractivity contribution >= 4 is 35.2 Å². The number of esters is 1. The number of nitrogens with two attached hydrogens (primary N) is 1. The number of nitrogens with one attached hydrogen (secondary N) is 1. The summed E-state index contributed by atoms with van der Waals surface area (Å²) in [6.07, 6.45) is 0. The largest absolute Gasteiger partial charge is 0.508 e. The van der Waals surface area contributed by atoms with Crippen LogP contribution >= 0.6 is 11.8 Å². The Morgan fingerprint density at radius 1 is 1.12 bits per heavy atom. The normalized spacial score (nSPS) is 10.2. The number of benzene rings is 2. The first-order valence-electron chi connectivity index (χ1n) is 7.36. The summed E-state index contributed by atoms with van der Waals surface area (Å²) in [6.45, 7) is -0.575. The molecular weight excluding hydrogens is 360 g/mol. The van der Waals surface area contributed by atoms with Crippen molar-refractivity contribution in [2.75, 3.05) is 17.7 Å². The van der Waals surface area contributed by atoms with Gasteiger partial charge < -0.3 is 26.0 Å². The van der Waals surface area contributed by atoms with Crippen LogP contribution < -0.4 is 11.1 Å². The number of primary amides is 1. The lowest BCUT2D eigenvalue weighted by Gasteiger charge is -2.11. The van der Waals surface area contributed by atoms with Gasteiger partial charge in [-0.3, -0.25) is 9.59 Å². The van der Waals surface area contributed by atoms with Crippen molar-refractivity contribution in [2.45, 2.75) is 4.90 Å². The van der Waals surface area contributed by atoms with Crippen molar-refractivity contribution in [2.24, 2.45) is 5.73 Å². The second-order valence-electron chi connectivity index (χ2n) is 5.08. The molecule has 0 unspecified atom stereocenters. The van der Waals surface area contributed by atoms with Crippen LogP contribution in [0.2, 0.25) is 0 Å². The summed E-state index contributed by atoms with van der Waals surface area (Å²) in [5.74, 6) is -2.59. The minimum Gasteiger partial charge on any atom is -0.508 e. The first-order valence-corrected chi connectivity index (χ1v) is 8.34. The molecule has 0 aliphatic heterocycles. The third-order valence-corrected chi connectivity index (χ3v) is 4.16. The molecule has 26 heavy (non-hydrogen) atoms. The number of amides is 2.